The van der Waals surface area contributed by atoms with Crippen LogP contribution >= 0.6 is 11.8 Å². The van der Waals surface area contributed by atoms with Gasteiger partial charge >= 0.3 is 0 Å². The highest BCUT2D eigenvalue weighted by Crippen LogP contribution is 2.35. The predicted molar refractivity (Wildman–Crippen MR) is 103 cm³/mol. The molecule has 1 aromatic carbocycles. The van der Waals surface area contributed by atoms with E-state index in [2.05, 4.69) is 39.8 Å². The number of hydrogen-bond donors (Lipinski definition) is 6. The number of aryl methyl sites for hydroxylation is 1. The summed E-state index contributed by atoms with van der Waals surface area (Å²) in [5.41, 5.74) is 3.68. The van der Waals surface area contributed by atoms with Gasteiger partial charge in [-0.3, -0.25) is 15.6 Å². The van der Waals surface area contributed by atoms with Crippen molar-refractivity contribution in [3.05, 3.63) is 35.5 Å². The van der Waals surface area contributed by atoms with Crippen LogP contribution in [-0.4, -0.2) is 49.9 Å². The van der Waals surface area contributed by atoms with Crippen LogP contribution in [0, 0.1) is 0 Å². The minimum Gasteiger partial charge on any atom is -0.400 e. The molecule has 7 nitrogen and oxygen atoms in total. The number of fused-ring (bicyclic) bond motifs is 1. The first-order valence-electron chi connectivity index (χ1n) is 8.69. The summed E-state index contributed by atoms with van der Waals surface area (Å²) in [4.78, 5) is 1.42. The molecule has 0 amide bonds. The van der Waals surface area contributed by atoms with E-state index in [4.69, 9.17) is 15.6 Å². The van der Waals surface area contributed by atoms with Gasteiger partial charge < -0.3 is 15.5 Å². The molecule has 26 heavy (non-hydrogen) atoms. The third-order valence-corrected chi connectivity index (χ3v) is 5.83. The first kappa shape index (κ1) is 20.7. The van der Waals surface area contributed by atoms with Crippen molar-refractivity contribution in [2.24, 2.45) is 0 Å². The van der Waals surface area contributed by atoms with Gasteiger partial charge in [-0.1, -0.05) is 0 Å². The van der Waals surface area contributed by atoms with Gasteiger partial charge in [0.1, 0.15) is 0 Å². The third-order valence-electron chi connectivity index (χ3n) is 4.62. The number of H-pyrrole nitrogens is 1. The molecular weight excluding hydrogens is 354 g/mol. The molecule has 1 fully saturated rings. The van der Waals surface area contributed by atoms with Gasteiger partial charge in [0.15, 0.2) is 5.82 Å². The highest BCUT2D eigenvalue weighted by atomic mass is 32.2. The van der Waals surface area contributed by atoms with Crippen molar-refractivity contribution in [3.8, 4) is 0 Å². The summed E-state index contributed by atoms with van der Waals surface area (Å²) in [5, 5.41) is 39.6. The second kappa shape index (κ2) is 10.5. The monoisotopic (exact) mass is 381 g/mol. The average Bonchev–Trinajstić information content (AvgIpc) is 3.34. The molecule has 1 aliphatic carbocycles. The zero-order valence-corrected chi connectivity index (χ0v) is 15.7. The van der Waals surface area contributed by atoms with Crippen LogP contribution in [0.4, 0.5) is 11.5 Å². The molecule has 1 aliphatic heterocycles. The number of hydrogen-bond acceptors (Lipinski definition) is 7. The van der Waals surface area contributed by atoms with Crippen LogP contribution in [0.5, 0.6) is 0 Å². The number of aliphatic hydroxyl groups is 2. The lowest BCUT2D eigenvalue weighted by molar-refractivity contribution is -0.176. The molecule has 2 heterocycles. The van der Waals surface area contributed by atoms with Gasteiger partial charge in [-0.2, -0.15) is 5.10 Å². The van der Waals surface area contributed by atoms with Crippen molar-refractivity contribution >= 4 is 23.3 Å². The van der Waals surface area contributed by atoms with Crippen LogP contribution in [0.1, 0.15) is 42.9 Å². The van der Waals surface area contributed by atoms with Crippen molar-refractivity contribution in [1.82, 2.24) is 10.2 Å². The Hall–Kier alpha value is -1.58. The summed E-state index contributed by atoms with van der Waals surface area (Å²) >= 11 is 1.95. The molecule has 8 heteroatoms. The Labute approximate surface area is 157 Å². The lowest BCUT2D eigenvalue weighted by Gasteiger charge is -2.16. The number of thioether (sulfide) groups is 1. The van der Waals surface area contributed by atoms with E-state index in [-0.39, 0.29) is 6.10 Å². The minimum absolute atomic E-state index is 0.150. The normalized spacial score (nSPS) is 21.0. The zero-order chi connectivity index (χ0) is 18.9. The van der Waals surface area contributed by atoms with Crippen LogP contribution in [0.25, 0.3) is 0 Å². The van der Waals surface area contributed by atoms with Gasteiger partial charge in [-0.25, -0.2) is 0 Å². The third kappa shape index (κ3) is 5.21. The summed E-state index contributed by atoms with van der Waals surface area (Å²) in [5.74, 6) is 2.51. The standard InChI is InChI=1S/C17H21N3OS.CH4O.H2O2/c21-14-5-3-11(9-14)15-10-17(20-19-15)18-13-4-6-16-12(8-13)2-1-7-22-16;2*1-2/h4,6,8,10-11,14,21H,1-3,5,7,9H2,(H2,18,19,20);2H,1H3;1-2H. The van der Waals surface area contributed by atoms with E-state index in [1.807, 2.05) is 11.8 Å². The summed E-state index contributed by atoms with van der Waals surface area (Å²) in [6, 6.07) is 8.67. The number of aliphatic hydroxyl groups excluding tert-OH is 2. The van der Waals surface area contributed by atoms with Crippen molar-refractivity contribution in [1.29, 1.82) is 0 Å². The Balaban J connectivity index is 0.000000570. The van der Waals surface area contributed by atoms with Crippen LogP contribution in [-0.2, 0) is 6.42 Å². The van der Waals surface area contributed by atoms with Crippen molar-refractivity contribution in [2.45, 2.75) is 49.0 Å². The van der Waals surface area contributed by atoms with E-state index in [1.54, 1.807) is 0 Å². The Morgan fingerprint density at radius 2 is 2.00 bits per heavy atom. The highest BCUT2D eigenvalue weighted by molar-refractivity contribution is 7.99. The molecule has 2 aliphatic rings. The van der Waals surface area contributed by atoms with Crippen molar-refractivity contribution < 1.29 is 20.7 Å². The molecule has 1 saturated carbocycles. The molecule has 2 atom stereocenters. The van der Waals surface area contributed by atoms with Crippen LogP contribution < -0.4 is 5.32 Å². The van der Waals surface area contributed by atoms with Crippen molar-refractivity contribution in [3.63, 3.8) is 0 Å². The van der Waals surface area contributed by atoms with E-state index in [9.17, 15) is 5.11 Å². The summed E-state index contributed by atoms with van der Waals surface area (Å²) < 4.78 is 0. The molecule has 1 aromatic heterocycles. The molecule has 2 aromatic rings. The topological polar surface area (TPSA) is 122 Å². The fraction of sp³-hybridized carbons (Fsp3) is 0.500. The smallest absolute Gasteiger partial charge is 0.152 e. The van der Waals surface area contributed by atoms with Crippen LogP contribution in [0.15, 0.2) is 29.2 Å². The lowest BCUT2D eigenvalue weighted by Crippen LogP contribution is -2.00. The highest BCUT2D eigenvalue weighted by Gasteiger charge is 2.25. The first-order chi connectivity index (χ1) is 12.8. The fourth-order valence-corrected chi connectivity index (χ4v) is 4.46. The maximum absolute atomic E-state index is 9.66. The van der Waals surface area contributed by atoms with E-state index in [0.717, 1.165) is 43.6 Å². The molecule has 0 saturated heterocycles. The second-order valence-corrected chi connectivity index (χ2v) is 7.41. The molecule has 0 bridgehead atoms. The SMILES string of the molecule is CO.OC1CCC(c2cc(Nc3ccc4c(c3)CCCS4)n[nH]2)C1.OO. The number of anilines is 2. The first-order valence-corrected chi connectivity index (χ1v) is 9.67. The Morgan fingerprint density at radius 3 is 2.73 bits per heavy atom. The predicted octanol–water partition coefficient (Wildman–Crippen LogP) is 3.45. The number of rotatable bonds is 3. The molecule has 2 unspecified atom stereocenters. The zero-order valence-electron chi connectivity index (χ0n) is 14.9. The average molecular weight is 381 g/mol. The Morgan fingerprint density at radius 1 is 1.19 bits per heavy atom. The van der Waals surface area contributed by atoms with Gasteiger partial charge in [-0.15, -0.1) is 11.8 Å². The fourth-order valence-electron chi connectivity index (χ4n) is 3.44. The maximum Gasteiger partial charge on any atom is 0.152 e. The van der Waals surface area contributed by atoms with Gasteiger partial charge in [0.25, 0.3) is 0 Å². The van der Waals surface area contributed by atoms with E-state index in [0.29, 0.717) is 5.92 Å². The second-order valence-electron chi connectivity index (χ2n) is 6.27. The maximum atomic E-state index is 9.66. The molecular formula is C18H27N3O4S. The molecule has 6 N–H and O–H groups in total. The van der Waals surface area contributed by atoms with E-state index >= 15 is 0 Å². The number of benzene rings is 1. The van der Waals surface area contributed by atoms with Gasteiger partial charge in [0.2, 0.25) is 0 Å². The summed E-state index contributed by atoms with van der Waals surface area (Å²) in [6.07, 6.45) is 5.06. The number of aromatic nitrogens is 2. The molecule has 0 spiro atoms. The van der Waals surface area contributed by atoms with Gasteiger partial charge in [0, 0.05) is 35.4 Å². The number of nitrogens with zero attached hydrogens (tertiary/aromatic N) is 1. The molecule has 0 radical (unpaired) electrons. The molecule has 144 valence electrons. The minimum atomic E-state index is -0.150. The van der Waals surface area contributed by atoms with E-state index < -0.39 is 0 Å². The van der Waals surface area contributed by atoms with Gasteiger partial charge in [0.05, 0.1) is 6.10 Å². The van der Waals surface area contributed by atoms with Gasteiger partial charge in [-0.05, 0) is 61.6 Å². The Bertz CT molecular complexity index is 680. The van der Waals surface area contributed by atoms with Crippen molar-refractivity contribution in [2.75, 3.05) is 18.2 Å². The Kier molecular flexibility index (Phi) is 8.40. The molecule has 4 rings (SSSR count). The summed E-state index contributed by atoms with van der Waals surface area (Å²) in [6.45, 7) is 0. The number of aromatic amines is 1. The van der Waals surface area contributed by atoms with Crippen LogP contribution in [0.3, 0.4) is 0 Å². The van der Waals surface area contributed by atoms with Crippen LogP contribution in [0.2, 0.25) is 0 Å². The lowest BCUT2D eigenvalue weighted by atomic mass is 10.0. The largest absolute Gasteiger partial charge is 0.400 e. The quantitative estimate of drug-likeness (QED) is 0.356. The summed E-state index contributed by atoms with van der Waals surface area (Å²) in [7, 11) is 1.00. The van der Waals surface area contributed by atoms with E-state index in [1.165, 1.54) is 29.1 Å². The number of nitrogens with one attached hydrogen (secondary N) is 2.